The summed E-state index contributed by atoms with van der Waals surface area (Å²) < 4.78 is 44.1. The molecule has 3 rings (SSSR count). The Morgan fingerprint density at radius 2 is 1.90 bits per heavy atom. The summed E-state index contributed by atoms with van der Waals surface area (Å²) in [4.78, 5) is 31.0. The molecule has 1 atom stereocenters. The number of hydrogen-bond donors (Lipinski definition) is 2. The van der Waals surface area contributed by atoms with E-state index >= 15 is 0 Å². The lowest BCUT2D eigenvalue weighted by atomic mass is 10.1. The predicted molar refractivity (Wildman–Crippen MR) is 96.6 cm³/mol. The topological polar surface area (TPSA) is 118 Å². The third-order valence-electron chi connectivity index (χ3n) is 3.94. The number of halogens is 4. The summed E-state index contributed by atoms with van der Waals surface area (Å²) in [6, 6.07) is 5.70. The molecule has 8 nitrogen and oxygen atoms in total. The molecule has 0 fully saturated rings. The maximum Gasteiger partial charge on any atom is 0.417 e. The van der Waals surface area contributed by atoms with E-state index in [2.05, 4.69) is 20.4 Å². The van der Waals surface area contributed by atoms with Gasteiger partial charge in [0.15, 0.2) is 0 Å². The van der Waals surface area contributed by atoms with Crippen molar-refractivity contribution in [1.82, 2.24) is 20.4 Å². The van der Waals surface area contributed by atoms with Crippen LogP contribution in [0.1, 0.15) is 21.7 Å². The minimum Gasteiger partial charge on any atom is -0.480 e. The summed E-state index contributed by atoms with van der Waals surface area (Å²) in [6.07, 6.45) is -2.95. The van der Waals surface area contributed by atoms with Crippen molar-refractivity contribution in [2.75, 3.05) is 0 Å². The van der Waals surface area contributed by atoms with Crippen molar-refractivity contribution in [3.05, 3.63) is 64.7 Å². The highest BCUT2D eigenvalue weighted by Gasteiger charge is 2.35. The van der Waals surface area contributed by atoms with Gasteiger partial charge in [-0.3, -0.25) is 9.78 Å². The second-order valence-electron chi connectivity index (χ2n) is 6.04. The van der Waals surface area contributed by atoms with Crippen LogP contribution in [0.25, 0.3) is 11.5 Å². The van der Waals surface area contributed by atoms with Gasteiger partial charge in [0.1, 0.15) is 6.04 Å². The van der Waals surface area contributed by atoms with E-state index in [1.807, 2.05) is 0 Å². The van der Waals surface area contributed by atoms with Gasteiger partial charge in [-0.25, -0.2) is 4.79 Å². The van der Waals surface area contributed by atoms with Crippen LogP contribution in [0.3, 0.4) is 0 Å². The minimum atomic E-state index is -4.71. The lowest BCUT2D eigenvalue weighted by molar-refractivity contribution is -0.139. The molecule has 0 saturated carbocycles. The predicted octanol–water partition coefficient (Wildman–Crippen LogP) is 3.23. The summed E-state index contributed by atoms with van der Waals surface area (Å²) in [5.41, 5.74) is -0.988. The normalized spacial score (nSPS) is 12.4. The molecule has 0 aliphatic carbocycles. The molecule has 0 radical (unpaired) electrons. The Labute approximate surface area is 171 Å². The van der Waals surface area contributed by atoms with Crippen molar-refractivity contribution >= 4 is 23.5 Å². The van der Waals surface area contributed by atoms with E-state index in [4.69, 9.17) is 16.1 Å². The van der Waals surface area contributed by atoms with E-state index in [0.29, 0.717) is 10.6 Å². The number of hydrogen-bond acceptors (Lipinski definition) is 6. The Hall–Kier alpha value is -3.47. The number of rotatable bonds is 6. The second-order valence-corrected chi connectivity index (χ2v) is 6.47. The number of carbonyl (C=O) groups excluding carboxylic acids is 1. The molecule has 0 bridgehead atoms. The first kappa shape index (κ1) is 21.2. The Morgan fingerprint density at radius 1 is 1.20 bits per heavy atom. The number of nitrogens with zero attached hydrogens (tertiary/aromatic N) is 3. The third kappa shape index (κ3) is 4.92. The molecule has 2 aromatic heterocycles. The van der Waals surface area contributed by atoms with Crippen LogP contribution < -0.4 is 5.32 Å². The molecule has 12 heteroatoms. The van der Waals surface area contributed by atoms with Gasteiger partial charge in [0.25, 0.3) is 17.6 Å². The van der Waals surface area contributed by atoms with Crippen molar-refractivity contribution in [3.8, 4) is 11.5 Å². The van der Waals surface area contributed by atoms with E-state index in [1.54, 1.807) is 24.3 Å². The van der Waals surface area contributed by atoms with Gasteiger partial charge in [-0.15, -0.1) is 0 Å². The first-order valence-corrected chi connectivity index (χ1v) is 8.66. The smallest absolute Gasteiger partial charge is 0.417 e. The van der Waals surface area contributed by atoms with Crippen LogP contribution in [0.15, 0.2) is 47.2 Å². The summed E-state index contributed by atoms with van der Waals surface area (Å²) >= 11 is 5.78. The fourth-order valence-electron chi connectivity index (χ4n) is 2.52. The van der Waals surface area contributed by atoms with Gasteiger partial charge in [-0.2, -0.15) is 18.2 Å². The molecule has 0 saturated heterocycles. The standard InChI is InChI=1S/C18H12ClF3N4O4/c19-10-3-1-9(2-4-10)7-13(17(28)29)24-15(27)14-25-16(30-26-14)11-8-23-6-5-12(11)18(20,21)22/h1-6,8,13H,7H2,(H,24,27)(H,28,29)/t13-/m0/s1. The average Bonchev–Trinajstić information content (AvgIpc) is 3.18. The van der Waals surface area contributed by atoms with Crippen LogP contribution in [0, 0.1) is 0 Å². The highest BCUT2D eigenvalue weighted by molar-refractivity contribution is 6.30. The van der Waals surface area contributed by atoms with Gasteiger partial charge in [-0.05, 0) is 23.8 Å². The molecule has 0 aliphatic heterocycles. The molecule has 0 aliphatic rings. The van der Waals surface area contributed by atoms with Crippen LogP contribution in [-0.2, 0) is 17.4 Å². The number of aromatic nitrogens is 3. The first-order chi connectivity index (χ1) is 14.1. The van der Waals surface area contributed by atoms with Gasteiger partial charge in [-0.1, -0.05) is 28.9 Å². The van der Waals surface area contributed by atoms with Crippen LogP contribution in [0.4, 0.5) is 13.2 Å². The molecule has 2 heterocycles. The van der Waals surface area contributed by atoms with Crippen molar-refractivity contribution in [3.63, 3.8) is 0 Å². The Balaban J connectivity index is 1.79. The molecular weight excluding hydrogens is 429 g/mol. The van der Waals surface area contributed by atoms with E-state index < -0.39 is 46.9 Å². The van der Waals surface area contributed by atoms with Crippen molar-refractivity contribution in [2.24, 2.45) is 0 Å². The Bertz CT molecular complexity index is 1070. The van der Waals surface area contributed by atoms with Crippen molar-refractivity contribution < 1.29 is 32.4 Å². The lowest BCUT2D eigenvalue weighted by Crippen LogP contribution is -2.42. The monoisotopic (exact) mass is 440 g/mol. The summed E-state index contributed by atoms with van der Waals surface area (Å²) in [5, 5.41) is 15.4. The number of alkyl halides is 3. The number of carboxylic acid groups (broad SMARTS) is 1. The number of benzene rings is 1. The highest BCUT2D eigenvalue weighted by atomic mass is 35.5. The third-order valence-corrected chi connectivity index (χ3v) is 4.19. The van der Waals surface area contributed by atoms with Crippen LogP contribution in [-0.4, -0.2) is 38.1 Å². The largest absolute Gasteiger partial charge is 0.480 e. The maximum atomic E-state index is 13.1. The van der Waals surface area contributed by atoms with Crippen LogP contribution in [0.2, 0.25) is 5.02 Å². The molecule has 0 spiro atoms. The molecule has 1 aromatic carbocycles. The zero-order chi connectivity index (χ0) is 21.9. The molecule has 2 N–H and O–H groups in total. The van der Waals surface area contributed by atoms with Crippen LogP contribution in [0.5, 0.6) is 0 Å². The first-order valence-electron chi connectivity index (χ1n) is 8.28. The highest BCUT2D eigenvalue weighted by Crippen LogP contribution is 2.35. The van der Waals surface area contributed by atoms with Gasteiger partial charge in [0.2, 0.25) is 0 Å². The number of nitrogens with one attached hydrogen (secondary N) is 1. The molecular formula is C18H12ClF3N4O4. The second kappa shape index (κ2) is 8.49. The number of amides is 1. The fraction of sp³-hybridized carbons (Fsp3) is 0.167. The van der Waals surface area contributed by atoms with Gasteiger partial charge in [0.05, 0.1) is 11.1 Å². The molecule has 30 heavy (non-hydrogen) atoms. The molecule has 1 amide bonds. The molecule has 3 aromatic rings. The van der Waals surface area contributed by atoms with E-state index in [9.17, 15) is 27.9 Å². The number of carbonyl (C=O) groups is 2. The Kier molecular flexibility index (Phi) is 6.01. The SMILES string of the molecule is O=C(N[C@@H](Cc1ccc(Cl)cc1)C(=O)O)c1noc(-c2cnccc2C(F)(F)F)n1. The quantitative estimate of drug-likeness (QED) is 0.604. The van der Waals surface area contributed by atoms with E-state index in [0.717, 1.165) is 18.5 Å². The minimum absolute atomic E-state index is 0.0657. The zero-order valence-electron chi connectivity index (χ0n) is 14.9. The number of aliphatic carboxylic acids is 1. The van der Waals surface area contributed by atoms with Crippen LogP contribution >= 0.6 is 11.6 Å². The van der Waals surface area contributed by atoms with Crippen molar-refractivity contribution in [2.45, 2.75) is 18.6 Å². The molecule has 0 unspecified atom stereocenters. The zero-order valence-corrected chi connectivity index (χ0v) is 15.6. The summed E-state index contributed by atoms with van der Waals surface area (Å²) in [6.45, 7) is 0. The molecule has 156 valence electrons. The van der Waals surface area contributed by atoms with Crippen molar-refractivity contribution in [1.29, 1.82) is 0 Å². The average molecular weight is 441 g/mol. The Morgan fingerprint density at radius 3 is 2.53 bits per heavy atom. The number of pyridine rings is 1. The summed E-state index contributed by atoms with van der Waals surface area (Å²) in [7, 11) is 0. The number of carboxylic acids is 1. The van der Waals surface area contributed by atoms with Gasteiger partial charge in [0, 0.05) is 23.8 Å². The van der Waals surface area contributed by atoms with Gasteiger partial charge >= 0.3 is 12.1 Å². The van der Waals surface area contributed by atoms with E-state index in [1.165, 1.54) is 0 Å². The van der Waals surface area contributed by atoms with E-state index in [-0.39, 0.29) is 6.42 Å². The lowest BCUT2D eigenvalue weighted by Gasteiger charge is -2.13. The summed E-state index contributed by atoms with van der Waals surface area (Å²) in [5.74, 6) is -3.55. The van der Waals surface area contributed by atoms with Gasteiger partial charge < -0.3 is 14.9 Å². The fourth-order valence-corrected chi connectivity index (χ4v) is 2.64. The maximum absolute atomic E-state index is 13.1.